The van der Waals surface area contributed by atoms with E-state index in [9.17, 15) is 13.2 Å². The highest BCUT2D eigenvalue weighted by atomic mass is 32.2. The number of hydrogen-bond donors (Lipinski definition) is 1. The lowest BCUT2D eigenvalue weighted by molar-refractivity contribution is -0.121. The molecular weight excluding hydrogens is 356 g/mol. The maximum absolute atomic E-state index is 12.4. The van der Waals surface area contributed by atoms with Gasteiger partial charge in [0.2, 0.25) is 15.9 Å². The van der Waals surface area contributed by atoms with Crippen molar-refractivity contribution in [2.75, 3.05) is 26.7 Å². The Labute approximate surface area is 152 Å². The van der Waals surface area contributed by atoms with Gasteiger partial charge in [0.1, 0.15) is 12.7 Å². The van der Waals surface area contributed by atoms with Crippen molar-refractivity contribution in [3.63, 3.8) is 0 Å². The van der Waals surface area contributed by atoms with Gasteiger partial charge >= 0.3 is 0 Å². The molecule has 0 unspecified atom stereocenters. The van der Waals surface area contributed by atoms with E-state index in [1.54, 1.807) is 24.3 Å². The largest absolute Gasteiger partial charge is 0.486 e. The van der Waals surface area contributed by atoms with Gasteiger partial charge in [-0.3, -0.25) is 4.79 Å². The van der Waals surface area contributed by atoms with Crippen LogP contribution in [0.5, 0.6) is 11.5 Å². The van der Waals surface area contributed by atoms with Crippen LogP contribution in [0, 0.1) is 0 Å². The lowest BCUT2D eigenvalue weighted by Gasteiger charge is -2.26. The number of carbonyl (C=O) groups excluding carboxylic acids is 1. The Hall–Kier alpha value is -2.58. The van der Waals surface area contributed by atoms with Crippen molar-refractivity contribution < 1.29 is 22.7 Å². The molecule has 0 saturated heterocycles. The number of para-hydroxylation sites is 2. The van der Waals surface area contributed by atoms with Gasteiger partial charge < -0.3 is 14.8 Å². The summed E-state index contributed by atoms with van der Waals surface area (Å²) in [7, 11) is -2.33. The quantitative estimate of drug-likeness (QED) is 0.821. The molecule has 0 bridgehead atoms. The summed E-state index contributed by atoms with van der Waals surface area (Å²) in [5.41, 5.74) is 0. The molecule has 0 fully saturated rings. The van der Waals surface area contributed by atoms with E-state index in [0.29, 0.717) is 18.1 Å². The van der Waals surface area contributed by atoms with Crippen LogP contribution in [0.3, 0.4) is 0 Å². The van der Waals surface area contributed by atoms with Crippen molar-refractivity contribution >= 4 is 15.9 Å². The molecule has 1 aliphatic heterocycles. The topological polar surface area (TPSA) is 84.9 Å². The third kappa shape index (κ3) is 4.14. The van der Waals surface area contributed by atoms with Gasteiger partial charge in [0, 0.05) is 7.05 Å². The first-order valence-electron chi connectivity index (χ1n) is 8.13. The van der Waals surface area contributed by atoms with Gasteiger partial charge in [0.05, 0.1) is 18.0 Å². The van der Waals surface area contributed by atoms with Crippen molar-refractivity contribution in [2.45, 2.75) is 11.0 Å². The highest BCUT2D eigenvalue weighted by molar-refractivity contribution is 7.89. The van der Waals surface area contributed by atoms with Gasteiger partial charge in [-0.15, -0.1) is 0 Å². The van der Waals surface area contributed by atoms with Crippen LogP contribution >= 0.6 is 0 Å². The molecule has 8 heteroatoms. The zero-order valence-corrected chi connectivity index (χ0v) is 15.1. The zero-order valence-electron chi connectivity index (χ0n) is 14.3. The van der Waals surface area contributed by atoms with Gasteiger partial charge in [0.15, 0.2) is 11.5 Å². The number of rotatable bonds is 6. The highest BCUT2D eigenvalue weighted by Crippen LogP contribution is 2.30. The lowest BCUT2D eigenvalue weighted by Crippen LogP contribution is -2.44. The first kappa shape index (κ1) is 18.2. The summed E-state index contributed by atoms with van der Waals surface area (Å²) < 4.78 is 37.2. The molecule has 1 heterocycles. The summed E-state index contributed by atoms with van der Waals surface area (Å²) in [6, 6.07) is 15.3. The van der Waals surface area contributed by atoms with Crippen LogP contribution < -0.4 is 14.8 Å². The fourth-order valence-corrected chi connectivity index (χ4v) is 3.66. The van der Waals surface area contributed by atoms with Crippen LogP contribution in [0.15, 0.2) is 59.5 Å². The minimum Gasteiger partial charge on any atom is -0.486 e. The van der Waals surface area contributed by atoms with Crippen LogP contribution in [-0.2, 0) is 14.8 Å². The monoisotopic (exact) mass is 376 g/mol. The Morgan fingerprint density at radius 1 is 1.12 bits per heavy atom. The van der Waals surface area contributed by atoms with Crippen LogP contribution in [0.4, 0.5) is 0 Å². The maximum atomic E-state index is 12.4. The molecule has 138 valence electrons. The molecule has 0 aliphatic carbocycles. The van der Waals surface area contributed by atoms with Crippen molar-refractivity contribution in [2.24, 2.45) is 0 Å². The predicted molar refractivity (Wildman–Crippen MR) is 95.6 cm³/mol. The number of nitrogens with zero attached hydrogens (tertiary/aromatic N) is 1. The number of ether oxygens (including phenoxy) is 2. The van der Waals surface area contributed by atoms with Gasteiger partial charge in [-0.1, -0.05) is 30.3 Å². The van der Waals surface area contributed by atoms with Gasteiger partial charge in [-0.05, 0) is 24.3 Å². The fraction of sp³-hybridized carbons (Fsp3) is 0.278. The maximum Gasteiger partial charge on any atom is 0.243 e. The summed E-state index contributed by atoms with van der Waals surface area (Å²) in [5, 5.41) is 2.69. The molecule has 0 saturated carbocycles. The second-order valence-corrected chi connectivity index (χ2v) is 7.92. The highest BCUT2D eigenvalue weighted by Gasteiger charge is 2.24. The van der Waals surface area contributed by atoms with E-state index < -0.39 is 15.9 Å². The molecule has 2 aromatic carbocycles. The van der Waals surface area contributed by atoms with Gasteiger partial charge in [-0.25, -0.2) is 8.42 Å². The molecule has 0 aromatic heterocycles. The number of carbonyl (C=O) groups is 1. The van der Waals surface area contributed by atoms with Crippen molar-refractivity contribution in [3.8, 4) is 11.5 Å². The summed E-state index contributed by atoms with van der Waals surface area (Å²) in [4.78, 5) is 12.3. The molecule has 0 radical (unpaired) electrons. The van der Waals surface area contributed by atoms with E-state index in [1.165, 1.54) is 19.2 Å². The minimum atomic E-state index is -3.70. The van der Waals surface area contributed by atoms with Crippen molar-refractivity contribution in [3.05, 3.63) is 54.6 Å². The first-order chi connectivity index (χ1) is 12.5. The lowest BCUT2D eigenvalue weighted by atomic mass is 10.2. The molecule has 3 rings (SSSR count). The van der Waals surface area contributed by atoms with E-state index >= 15 is 0 Å². The molecule has 1 N–H and O–H groups in total. The summed E-state index contributed by atoms with van der Waals surface area (Å²) >= 11 is 0. The SMILES string of the molecule is CN(CC(=O)NC[C@@H]1COc2ccccc2O1)S(=O)(=O)c1ccccc1. The van der Waals surface area contributed by atoms with E-state index in [4.69, 9.17) is 9.47 Å². The molecule has 26 heavy (non-hydrogen) atoms. The summed E-state index contributed by atoms with van der Waals surface area (Å²) in [6.07, 6.45) is -0.329. The first-order valence-corrected chi connectivity index (χ1v) is 9.57. The Bertz CT molecular complexity index is 870. The van der Waals surface area contributed by atoms with E-state index in [2.05, 4.69) is 5.32 Å². The standard InChI is InChI=1S/C18H20N2O5S/c1-20(26(22,23)15-7-3-2-4-8-15)12-18(21)19-11-14-13-24-16-9-5-6-10-17(16)25-14/h2-10,14H,11-13H2,1H3,(H,19,21)/t14-/m1/s1. The third-order valence-corrected chi connectivity index (χ3v) is 5.73. The molecule has 1 aliphatic rings. The number of nitrogens with one attached hydrogen (secondary N) is 1. The third-order valence-electron chi connectivity index (χ3n) is 3.91. The average Bonchev–Trinajstić information content (AvgIpc) is 2.67. The molecule has 2 aromatic rings. The minimum absolute atomic E-state index is 0.149. The average molecular weight is 376 g/mol. The second-order valence-electron chi connectivity index (χ2n) is 5.88. The second kappa shape index (κ2) is 7.76. The van der Waals surface area contributed by atoms with Gasteiger partial charge in [0.25, 0.3) is 0 Å². The number of sulfonamides is 1. The number of hydrogen-bond acceptors (Lipinski definition) is 5. The molecule has 0 spiro atoms. The van der Waals surface area contributed by atoms with Crippen molar-refractivity contribution in [1.29, 1.82) is 0 Å². The molecule has 1 amide bonds. The van der Waals surface area contributed by atoms with Gasteiger partial charge in [-0.2, -0.15) is 4.31 Å². The Morgan fingerprint density at radius 3 is 2.50 bits per heavy atom. The summed E-state index contributed by atoms with van der Waals surface area (Å²) in [6.45, 7) is 0.267. The van der Waals surface area contributed by atoms with Crippen LogP contribution in [0.25, 0.3) is 0 Å². The normalized spacial score (nSPS) is 16.3. The molecule has 7 nitrogen and oxygen atoms in total. The number of likely N-dealkylation sites (N-methyl/N-ethyl adjacent to an activating group) is 1. The van der Waals surface area contributed by atoms with Crippen molar-refractivity contribution in [1.82, 2.24) is 9.62 Å². The Balaban J connectivity index is 1.52. The Kier molecular flexibility index (Phi) is 5.43. The number of fused-ring (bicyclic) bond motifs is 1. The zero-order chi connectivity index (χ0) is 18.6. The fourth-order valence-electron chi connectivity index (χ4n) is 2.51. The summed E-state index contributed by atoms with van der Waals surface area (Å²) in [5.74, 6) is 0.889. The van der Waals surface area contributed by atoms with Crippen LogP contribution in [-0.4, -0.2) is 51.5 Å². The van der Waals surface area contributed by atoms with E-state index in [-0.39, 0.29) is 24.1 Å². The predicted octanol–water partition coefficient (Wildman–Crippen LogP) is 1.26. The number of benzene rings is 2. The smallest absolute Gasteiger partial charge is 0.243 e. The Morgan fingerprint density at radius 2 is 1.77 bits per heavy atom. The van der Waals surface area contributed by atoms with Crippen LogP contribution in [0.1, 0.15) is 0 Å². The van der Waals surface area contributed by atoms with E-state index in [0.717, 1.165) is 4.31 Å². The molecule has 1 atom stereocenters. The molecular formula is C18H20N2O5S. The van der Waals surface area contributed by atoms with E-state index in [1.807, 2.05) is 18.2 Å². The van der Waals surface area contributed by atoms with Crippen LogP contribution in [0.2, 0.25) is 0 Å². The number of amides is 1.